The molecule has 7 nitrogen and oxygen atoms in total. The quantitative estimate of drug-likeness (QED) is 0.449. The third-order valence-corrected chi connectivity index (χ3v) is 6.25. The highest BCUT2D eigenvalue weighted by atomic mass is 16.4. The maximum atomic E-state index is 11.4. The molecule has 0 radical (unpaired) electrons. The first-order valence-corrected chi connectivity index (χ1v) is 11.5. The van der Waals surface area contributed by atoms with E-state index in [1.54, 1.807) is 4.80 Å². The fraction of sp³-hybridized carbons (Fsp3) is 0.480. The lowest BCUT2D eigenvalue weighted by Gasteiger charge is -2.32. The molecular weight excluding hydrogens is 402 g/mol. The Bertz CT molecular complexity index is 1100. The number of aromatic nitrogens is 3. The minimum atomic E-state index is -0.763. The van der Waals surface area contributed by atoms with E-state index in [0.717, 1.165) is 52.5 Å². The molecule has 2 N–H and O–H groups in total. The van der Waals surface area contributed by atoms with Crippen LogP contribution in [0.15, 0.2) is 36.4 Å². The molecule has 170 valence electrons. The van der Waals surface area contributed by atoms with Crippen molar-refractivity contribution in [3.05, 3.63) is 42.0 Å². The molecular formula is C25H33N5O2. The van der Waals surface area contributed by atoms with Crippen molar-refractivity contribution in [3.63, 3.8) is 0 Å². The summed E-state index contributed by atoms with van der Waals surface area (Å²) in [7, 11) is 1.82. The summed E-state index contributed by atoms with van der Waals surface area (Å²) >= 11 is 0. The first kappa shape index (κ1) is 22.1. The van der Waals surface area contributed by atoms with Gasteiger partial charge in [0.25, 0.3) is 0 Å². The van der Waals surface area contributed by atoms with Crippen LogP contribution in [0.3, 0.4) is 0 Å². The van der Waals surface area contributed by atoms with E-state index < -0.39 is 5.97 Å². The number of nitrogens with zero attached hydrogens (tertiary/aromatic N) is 4. The lowest BCUT2D eigenvalue weighted by Crippen LogP contribution is -2.33. The van der Waals surface area contributed by atoms with Crippen LogP contribution in [0.25, 0.3) is 11.0 Å². The molecule has 0 aliphatic heterocycles. The maximum Gasteiger partial charge on any atom is 0.303 e. The van der Waals surface area contributed by atoms with E-state index in [0.29, 0.717) is 6.04 Å². The topological polar surface area (TPSA) is 83.3 Å². The Morgan fingerprint density at radius 2 is 1.94 bits per heavy atom. The molecule has 1 aliphatic rings. The zero-order valence-corrected chi connectivity index (χ0v) is 19.4. The Kier molecular flexibility index (Phi) is 6.35. The largest absolute Gasteiger partial charge is 0.481 e. The Balaban J connectivity index is 1.73. The average molecular weight is 436 g/mol. The van der Waals surface area contributed by atoms with Crippen LogP contribution in [-0.4, -0.2) is 38.7 Å². The summed E-state index contributed by atoms with van der Waals surface area (Å²) in [6.07, 6.45) is 3.51. The van der Waals surface area contributed by atoms with Gasteiger partial charge in [-0.05, 0) is 80.8 Å². The molecule has 1 fully saturated rings. The Labute approximate surface area is 189 Å². The van der Waals surface area contributed by atoms with Crippen molar-refractivity contribution in [2.75, 3.05) is 16.8 Å². The molecule has 32 heavy (non-hydrogen) atoms. The van der Waals surface area contributed by atoms with Crippen LogP contribution >= 0.6 is 0 Å². The van der Waals surface area contributed by atoms with Crippen LogP contribution < -0.4 is 10.2 Å². The number of aliphatic carboxylic acids is 1. The highest BCUT2D eigenvalue weighted by molar-refractivity contribution is 5.83. The van der Waals surface area contributed by atoms with Gasteiger partial charge in [-0.25, -0.2) is 0 Å². The first-order chi connectivity index (χ1) is 15.3. The number of carboxylic acids is 1. The molecule has 1 unspecified atom stereocenters. The summed E-state index contributed by atoms with van der Waals surface area (Å²) in [6, 6.07) is 12.8. The normalized spacial score (nSPS) is 14.7. The molecule has 1 atom stereocenters. The molecule has 0 bridgehead atoms. The summed E-state index contributed by atoms with van der Waals surface area (Å²) in [5.41, 5.74) is 5.85. The van der Waals surface area contributed by atoms with Crippen LogP contribution in [0, 0.1) is 5.92 Å². The molecule has 0 spiro atoms. The minimum Gasteiger partial charge on any atom is -0.481 e. The number of carbonyl (C=O) groups is 1. The second kappa shape index (κ2) is 9.18. The number of hydrogen-bond acceptors (Lipinski definition) is 5. The number of fused-ring (bicyclic) bond motifs is 1. The number of carboxylic acid groups (broad SMARTS) is 1. The van der Waals surface area contributed by atoms with Crippen molar-refractivity contribution in [1.82, 2.24) is 15.0 Å². The molecule has 1 aromatic heterocycles. The van der Waals surface area contributed by atoms with Crippen LogP contribution in [0.4, 0.5) is 17.1 Å². The molecule has 2 aromatic carbocycles. The second-order valence-electron chi connectivity index (χ2n) is 9.19. The van der Waals surface area contributed by atoms with Crippen LogP contribution in [-0.2, 0) is 11.8 Å². The average Bonchev–Trinajstić information content (AvgIpc) is 3.49. The van der Waals surface area contributed by atoms with Crippen molar-refractivity contribution < 1.29 is 9.90 Å². The molecule has 4 rings (SSSR count). The summed E-state index contributed by atoms with van der Waals surface area (Å²) in [6.45, 7) is 7.54. The van der Waals surface area contributed by atoms with Gasteiger partial charge < -0.3 is 15.3 Å². The standard InChI is InChI=1S/C25H33N5O2/c1-5-18(13-25(31)32)19-8-11-24(30(16(2)3)15-17-6-7-17)23(12-19)26-20-9-10-21-22(14-20)28-29(4)27-21/h8-12,14,16-18,26H,5-7,13,15H2,1-4H3,(H,31,32). The number of benzene rings is 2. The fourth-order valence-corrected chi connectivity index (χ4v) is 4.29. The second-order valence-corrected chi connectivity index (χ2v) is 9.19. The van der Waals surface area contributed by atoms with Crippen molar-refractivity contribution in [2.24, 2.45) is 13.0 Å². The lowest BCUT2D eigenvalue weighted by molar-refractivity contribution is -0.137. The van der Waals surface area contributed by atoms with Crippen LogP contribution in [0.2, 0.25) is 0 Å². The Hall–Kier alpha value is -3.09. The molecule has 3 aromatic rings. The Morgan fingerprint density at radius 1 is 1.19 bits per heavy atom. The van der Waals surface area contributed by atoms with E-state index >= 15 is 0 Å². The predicted molar refractivity (Wildman–Crippen MR) is 129 cm³/mol. The smallest absolute Gasteiger partial charge is 0.303 e. The molecule has 1 saturated carbocycles. The van der Waals surface area contributed by atoms with Gasteiger partial charge in [0.1, 0.15) is 11.0 Å². The number of aryl methyl sites for hydroxylation is 1. The van der Waals surface area contributed by atoms with Gasteiger partial charge in [0, 0.05) is 25.3 Å². The highest BCUT2D eigenvalue weighted by Gasteiger charge is 2.27. The molecule has 1 aliphatic carbocycles. The Morgan fingerprint density at radius 3 is 2.59 bits per heavy atom. The van der Waals surface area contributed by atoms with Crippen molar-refractivity contribution in [1.29, 1.82) is 0 Å². The molecule has 7 heteroatoms. The zero-order chi connectivity index (χ0) is 22.8. The third-order valence-electron chi connectivity index (χ3n) is 6.25. The number of rotatable bonds is 10. The van der Waals surface area contributed by atoms with Gasteiger partial charge in [0.05, 0.1) is 17.8 Å². The van der Waals surface area contributed by atoms with E-state index in [1.165, 1.54) is 12.8 Å². The van der Waals surface area contributed by atoms with Crippen molar-refractivity contribution >= 4 is 34.1 Å². The molecule has 0 saturated heterocycles. The highest BCUT2D eigenvalue weighted by Crippen LogP contribution is 2.38. The van der Waals surface area contributed by atoms with Gasteiger partial charge >= 0.3 is 5.97 Å². The minimum absolute atomic E-state index is 0.0134. The summed E-state index contributed by atoms with van der Waals surface area (Å²) in [4.78, 5) is 15.4. The van der Waals surface area contributed by atoms with Gasteiger partial charge in [0.2, 0.25) is 0 Å². The number of hydrogen-bond donors (Lipinski definition) is 2. The fourth-order valence-electron chi connectivity index (χ4n) is 4.29. The number of anilines is 3. The first-order valence-electron chi connectivity index (χ1n) is 11.5. The van der Waals surface area contributed by atoms with E-state index in [9.17, 15) is 9.90 Å². The summed E-state index contributed by atoms with van der Waals surface area (Å²) in [5, 5.41) is 21.8. The van der Waals surface area contributed by atoms with E-state index in [4.69, 9.17) is 0 Å². The van der Waals surface area contributed by atoms with E-state index in [2.05, 4.69) is 52.5 Å². The predicted octanol–water partition coefficient (Wildman–Crippen LogP) is 5.31. The summed E-state index contributed by atoms with van der Waals surface area (Å²) < 4.78 is 0. The van der Waals surface area contributed by atoms with E-state index in [1.807, 2.05) is 32.2 Å². The SMILES string of the molecule is CCC(CC(=O)O)c1ccc(N(CC2CC2)C(C)C)c(Nc2ccc3nn(C)nc3c2)c1. The molecule has 0 amide bonds. The monoisotopic (exact) mass is 435 g/mol. The summed E-state index contributed by atoms with van der Waals surface area (Å²) in [5.74, 6) is -0.0159. The van der Waals surface area contributed by atoms with E-state index in [-0.39, 0.29) is 12.3 Å². The van der Waals surface area contributed by atoms with Crippen LogP contribution in [0.1, 0.15) is 57.9 Å². The number of nitrogens with one attached hydrogen (secondary N) is 1. The van der Waals surface area contributed by atoms with Gasteiger partial charge in [-0.1, -0.05) is 13.0 Å². The van der Waals surface area contributed by atoms with Crippen molar-refractivity contribution in [3.8, 4) is 0 Å². The van der Waals surface area contributed by atoms with Gasteiger partial charge in [-0.2, -0.15) is 15.0 Å². The third kappa shape index (κ3) is 5.03. The maximum absolute atomic E-state index is 11.4. The zero-order valence-electron chi connectivity index (χ0n) is 19.4. The van der Waals surface area contributed by atoms with Gasteiger partial charge in [-0.3, -0.25) is 4.79 Å². The van der Waals surface area contributed by atoms with Gasteiger partial charge in [-0.15, -0.1) is 0 Å². The van der Waals surface area contributed by atoms with Gasteiger partial charge in [0.15, 0.2) is 0 Å². The lowest BCUT2D eigenvalue weighted by atomic mass is 9.92. The van der Waals surface area contributed by atoms with Crippen LogP contribution in [0.5, 0.6) is 0 Å². The molecule has 1 heterocycles. The van der Waals surface area contributed by atoms with Crippen molar-refractivity contribution in [2.45, 2.75) is 58.4 Å².